The number of nitrogens with zero attached hydrogens (tertiary/aromatic N) is 3. The molecule has 1 unspecified atom stereocenters. The summed E-state index contributed by atoms with van der Waals surface area (Å²) >= 11 is 0. The lowest BCUT2D eigenvalue weighted by atomic mass is 10.0. The molecule has 1 atom stereocenters. The van der Waals surface area contributed by atoms with E-state index in [9.17, 15) is 4.79 Å². The Hall–Kier alpha value is -2.11. The predicted molar refractivity (Wildman–Crippen MR) is 72.2 cm³/mol. The molecule has 0 spiro atoms. The highest BCUT2D eigenvalue weighted by Gasteiger charge is 2.16. The summed E-state index contributed by atoms with van der Waals surface area (Å²) in [5, 5.41) is 16.4. The van der Waals surface area contributed by atoms with E-state index in [1.165, 1.54) is 6.33 Å². The topological polar surface area (TPSA) is 79.5 Å². The van der Waals surface area contributed by atoms with Gasteiger partial charge in [-0.1, -0.05) is 13.3 Å². The van der Waals surface area contributed by atoms with Crippen LogP contribution < -0.4 is 5.32 Å². The number of fused-ring (bicyclic) bond motifs is 1. The fourth-order valence-electron chi connectivity index (χ4n) is 2.07. The molecular formula is C13H18N4O2. The summed E-state index contributed by atoms with van der Waals surface area (Å²) in [6.45, 7) is 4.35. The van der Waals surface area contributed by atoms with Crippen LogP contribution in [0.4, 0.5) is 5.82 Å². The SMILES string of the molecule is CCCC(CNc1cc(C)cc2ncnn12)C(=O)O. The Balaban J connectivity index is 2.16. The van der Waals surface area contributed by atoms with Crippen molar-refractivity contribution >= 4 is 17.4 Å². The lowest BCUT2D eigenvalue weighted by molar-refractivity contribution is -0.141. The van der Waals surface area contributed by atoms with Gasteiger partial charge in [-0.3, -0.25) is 4.79 Å². The number of carbonyl (C=O) groups is 1. The van der Waals surface area contributed by atoms with Crippen molar-refractivity contribution < 1.29 is 9.90 Å². The molecule has 0 saturated carbocycles. The Morgan fingerprint density at radius 1 is 1.53 bits per heavy atom. The summed E-state index contributed by atoms with van der Waals surface area (Å²) in [6, 6.07) is 3.87. The van der Waals surface area contributed by atoms with E-state index in [0.717, 1.165) is 23.4 Å². The minimum absolute atomic E-state index is 0.385. The molecule has 102 valence electrons. The number of rotatable bonds is 6. The van der Waals surface area contributed by atoms with E-state index in [1.54, 1.807) is 4.52 Å². The number of aromatic nitrogens is 3. The highest BCUT2D eigenvalue weighted by molar-refractivity contribution is 5.70. The van der Waals surface area contributed by atoms with Crippen LogP contribution in [0.2, 0.25) is 0 Å². The molecule has 6 nitrogen and oxygen atoms in total. The van der Waals surface area contributed by atoms with Crippen LogP contribution in [0.1, 0.15) is 25.3 Å². The van der Waals surface area contributed by atoms with Gasteiger partial charge in [-0.05, 0) is 31.0 Å². The van der Waals surface area contributed by atoms with Crippen LogP contribution in [0.5, 0.6) is 0 Å². The zero-order chi connectivity index (χ0) is 13.8. The molecule has 2 aromatic rings. The van der Waals surface area contributed by atoms with E-state index >= 15 is 0 Å². The predicted octanol–water partition coefficient (Wildman–Crippen LogP) is 1.95. The van der Waals surface area contributed by atoms with Gasteiger partial charge in [0.1, 0.15) is 12.1 Å². The highest BCUT2D eigenvalue weighted by atomic mass is 16.4. The molecule has 0 fully saturated rings. The summed E-state index contributed by atoms with van der Waals surface area (Å²) in [6.07, 6.45) is 3.00. The second-order valence-electron chi connectivity index (χ2n) is 4.65. The number of hydrogen-bond donors (Lipinski definition) is 2. The molecule has 0 bridgehead atoms. The van der Waals surface area contributed by atoms with E-state index in [2.05, 4.69) is 15.4 Å². The Labute approximate surface area is 111 Å². The van der Waals surface area contributed by atoms with Crippen LogP contribution in [0, 0.1) is 12.8 Å². The van der Waals surface area contributed by atoms with Gasteiger partial charge in [0, 0.05) is 6.54 Å². The molecule has 0 amide bonds. The quantitative estimate of drug-likeness (QED) is 0.831. The maximum absolute atomic E-state index is 11.1. The van der Waals surface area contributed by atoms with Crippen LogP contribution in [-0.2, 0) is 4.79 Å². The maximum atomic E-state index is 11.1. The number of nitrogens with one attached hydrogen (secondary N) is 1. The third-order valence-electron chi connectivity index (χ3n) is 3.04. The summed E-state index contributed by atoms with van der Waals surface area (Å²) in [4.78, 5) is 15.3. The second kappa shape index (κ2) is 5.69. The van der Waals surface area contributed by atoms with E-state index in [1.807, 2.05) is 26.0 Å². The Kier molecular flexibility index (Phi) is 3.99. The monoisotopic (exact) mass is 262 g/mol. The molecule has 0 radical (unpaired) electrons. The number of aliphatic carboxylic acids is 1. The molecule has 6 heteroatoms. The Morgan fingerprint density at radius 3 is 3.00 bits per heavy atom. The molecule has 0 aliphatic carbocycles. The Morgan fingerprint density at radius 2 is 2.32 bits per heavy atom. The number of anilines is 1. The van der Waals surface area contributed by atoms with Crippen LogP contribution in [-0.4, -0.2) is 32.2 Å². The molecule has 0 aromatic carbocycles. The third-order valence-corrected chi connectivity index (χ3v) is 3.04. The van der Waals surface area contributed by atoms with Crippen LogP contribution in [0.25, 0.3) is 5.65 Å². The second-order valence-corrected chi connectivity index (χ2v) is 4.65. The average molecular weight is 262 g/mol. The average Bonchev–Trinajstić information content (AvgIpc) is 2.81. The first-order valence-electron chi connectivity index (χ1n) is 6.39. The lowest BCUT2D eigenvalue weighted by Crippen LogP contribution is -2.23. The third kappa shape index (κ3) is 3.01. The summed E-state index contributed by atoms with van der Waals surface area (Å²) < 4.78 is 1.68. The lowest BCUT2D eigenvalue weighted by Gasteiger charge is -2.14. The van der Waals surface area contributed by atoms with Gasteiger partial charge in [0.05, 0.1) is 5.92 Å². The van der Waals surface area contributed by atoms with Crippen molar-refractivity contribution in [1.29, 1.82) is 0 Å². The normalized spacial score (nSPS) is 12.5. The number of pyridine rings is 1. The molecule has 0 aliphatic rings. The van der Waals surface area contributed by atoms with E-state index < -0.39 is 5.97 Å². The fourth-order valence-corrected chi connectivity index (χ4v) is 2.07. The summed E-state index contributed by atoms with van der Waals surface area (Å²) in [7, 11) is 0. The first kappa shape index (κ1) is 13.3. The molecule has 19 heavy (non-hydrogen) atoms. The summed E-state index contributed by atoms with van der Waals surface area (Å²) in [5.74, 6) is -0.379. The van der Waals surface area contributed by atoms with Gasteiger partial charge in [-0.15, -0.1) is 0 Å². The highest BCUT2D eigenvalue weighted by Crippen LogP contribution is 2.15. The molecule has 2 aromatic heterocycles. The van der Waals surface area contributed by atoms with Gasteiger partial charge >= 0.3 is 5.97 Å². The van der Waals surface area contributed by atoms with Crippen LogP contribution in [0.15, 0.2) is 18.5 Å². The summed E-state index contributed by atoms with van der Waals surface area (Å²) in [5.41, 5.74) is 1.82. The largest absolute Gasteiger partial charge is 0.481 e. The van der Waals surface area contributed by atoms with Gasteiger partial charge in [-0.25, -0.2) is 4.98 Å². The zero-order valence-corrected chi connectivity index (χ0v) is 11.1. The number of carboxylic acid groups (broad SMARTS) is 1. The zero-order valence-electron chi connectivity index (χ0n) is 11.1. The first-order chi connectivity index (χ1) is 9.11. The fraction of sp³-hybridized carbons (Fsp3) is 0.462. The smallest absolute Gasteiger partial charge is 0.308 e. The van der Waals surface area contributed by atoms with Crippen molar-refractivity contribution in [2.75, 3.05) is 11.9 Å². The van der Waals surface area contributed by atoms with Crippen molar-refractivity contribution in [3.05, 3.63) is 24.0 Å². The van der Waals surface area contributed by atoms with Crippen LogP contribution >= 0.6 is 0 Å². The first-order valence-corrected chi connectivity index (χ1v) is 6.39. The van der Waals surface area contributed by atoms with Gasteiger partial charge in [-0.2, -0.15) is 9.61 Å². The molecule has 2 heterocycles. The van der Waals surface area contributed by atoms with Crippen molar-refractivity contribution in [3.8, 4) is 0 Å². The van der Waals surface area contributed by atoms with Crippen molar-refractivity contribution in [3.63, 3.8) is 0 Å². The molecule has 2 N–H and O–H groups in total. The number of carboxylic acids is 1. The molecular weight excluding hydrogens is 244 g/mol. The van der Waals surface area contributed by atoms with Gasteiger partial charge in [0.25, 0.3) is 0 Å². The van der Waals surface area contributed by atoms with E-state index in [0.29, 0.717) is 13.0 Å². The van der Waals surface area contributed by atoms with E-state index in [4.69, 9.17) is 5.11 Å². The van der Waals surface area contributed by atoms with Gasteiger partial charge < -0.3 is 10.4 Å². The van der Waals surface area contributed by atoms with Crippen molar-refractivity contribution in [2.24, 2.45) is 5.92 Å². The molecule has 0 aliphatic heterocycles. The maximum Gasteiger partial charge on any atom is 0.308 e. The Bertz CT molecular complexity index is 579. The van der Waals surface area contributed by atoms with Gasteiger partial charge in [0.2, 0.25) is 0 Å². The van der Waals surface area contributed by atoms with Gasteiger partial charge in [0.15, 0.2) is 5.65 Å². The van der Waals surface area contributed by atoms with Crippen molar-refractivity contribution in [2.45, 2.75) is 26.7 Å². The minimum Gasteiger partial charge on any atom is -0.481 e. The standard InChI is InChI=1S/C13H18N4O2/c1-3-4-10(13(18)19)7-14-11-5-9(2)6-12-15-8-16-17(11)12/h5-6,8,10,14H,3-4,7H2,1-2H3,(H,18,19). The minimum atomic E-state index is -0.767. The van der Waals surface area contributed by atoms with Crippen molar-refractivity contribution in [1.82, 2.24) is 14.6 Å². The number of hydrogen-bond acceptors (Lipinski definition) is 4. The number of aryl methyl sites for hydroxylation is 1. The molecule has 0 saturated heterocycles. The van der Waals surface area contributed by atoms with E-state index in [-0.39, 0.29) is 5.92 Å². The van der Waals surface area contributed by atoms with Crippen LogP contribution in [0.3, 0.4) is 0 Å². The molecule has 2 rings (SSSR count).